The van der Waals surface area contributed by atoms with Crippen LogP contribution in [0.1, 0.15) is 39.2 Å². The summed E-state index contributed by atoms with van der Waals surface area (Å²) in [6.07, 6.45) is 0. The molecule has 0 saturated carbocycles. The first-order valence-corrected chi connectivity index (χ1v) is 8.68. The predicted molar refractivity (Wildman–Crippen MR) is 108 cm³/mol. The third kappa shape index (κ3) is 7.64. The second-order valence-corrected chi connectivity index (χ2v) is 5.42. The zero-order chi connectivity index (χ0) is 17.6. The predicted octanol–water partition coefficient (Wildman–Crippen LogP) is 7.27. The van der Waals surface area contributed by atoms with Crippen molar-refractivity contribution in [3.63, 3.8) is 0 Å². The lowest BCUT2D eigenvalue weighted by Crippen LogP contribution is -1.87. The summed E-state index contributed by atoms with van der Waals surface area (Å²) < 4.78 is 0. The second-order valence-electron chi connectivity index (χ2n) is 5.42. The largest absolute Gasteiger partial charge is 0.356 e. The van der Waals surface area contributed by atoms with E-state index in [1.165, 1.54) is 5.56 Å². The topological polar surface area (TPSA) is 12.0 Å². The lowest BCUT2D eigenvalue weighted by Gasteiger charge is -2.04. The number of para-hydroxylation sites is 2. The Balaban J connectivity index is 0.000000230. The van der Waals surface area contributed by atoms with Crippen molar-refractivity contribution in [1.29, 1.82) is 0 Å². The van der Waals surface area contributed by atoms with Gasteiger partial charge in [0.05, 0.1) is 0 Å². The molecule has 0 fully saturated rings. The summed E-state index contributed by atoms with van der Waals surface area (Å²) in [5.74, 6) is 0.659. The van der Waals surface area contributed by atoms with E-state index >= 15 is 0 Å². The molecule has 3 rings (SSSR count). The molecule has 3 aromatic carbocycles. The third-order valence-corrected chi connectivity index (χ3v) is 3.30. The van der Waals surface area contributed by atoms with Crippen molar-refractivity contribution in [2.75, 3.05) is 5.32 Å². The van der Waals surface area contributed by atoms with E-state index in [2.05, 4.69) is 43.4 Å². The summed E-state index contributed by atoms with van der Waals surface area (Å²) in [7, 11) is 0. The van der Waals surface area contributed by atoms with Gasteiger partial charge in [-0.15, -0.1) is 0 Å². The molecule has 0 bridgehead atoms. The molecule has 1 N–H and O–H groups in total. The van der Waals surface area contributed by atoms with Gasteiger partial charge in [-0.3, -0.25) is 0 Å². The maximum absolute atomic E-state index is 3.30. The molecule has 126 valence electrons. The Hall–Kier alpha value is -2.54. The summed E-state index contributed by atoms with van der Waals surface area (Å²) in [4.78, 5) is 0. The minimum atomic E-state index is 0.659. The molecule has 0 aliphatic carbocycles. The maximum Gasteiger partial charge on any atom is 0.0384 e. The van der Waals surface area contributed by atoms with Gasteiger partial charge in [-0.25, -0.2) is 0 Å². The average Bonchev–Trinajstić information content (AvgIpc) is 2.66. The molecule has 1 nitrogen and oxygen atoms in total. The molecule has 3 aromatic rings. The average molecular weight is 319 g/mol. The summed E-state index contributed by atoms with van der Waals surface area (Å²) in [5.41, 5.74) is 3.65. The first-order chi connectivity index (χ1) is 11.8. The fraction of sp³-hybridized carbons (Fsp3) is 0.217. The molecule has 0 aliphatic heterocycles. The van der Waals surface area contributed by atoms with Crippen molar-refractivity contribution in [2.45, 2.75) is 33.6 Å². The molecule has 1 heteroatoms. The molecular weight excluding hydrogens is 290 g/mol. The van der Waals surface area contributed by atoms with Crippen LogP contribution in [0.5, 0.6) is 0 Å². The smallest absolute Gasteiger partial charge is 0.0384 e. The Morgan fingerprint density at radius 1 is 0.542 bits per heavy atom. The van der Waals surface area contributed by atoms with E-state index < -0.39 is 0 Å². The highest BCUT2D eigenvalue weighted by molar-refractivity contribution is 5.58. The highest BCUT2D eigenvalue weighted by atomic mass is 14.9. The minimum absolute atomic E-state index is 0.659. The third-order valence-electron chi connectivity index (χ3n) is 3.30. The lowest BCUT2D eigenvalue weighted by molar-refractivity contribution is 0.867. The van der Waals surface area contributed by atoms with Gasteiger partial charge in [0.1, 0.15) is 0 Å². The monoisotopic (exact) mass is 319 g/mol. The second kappa shape index (κ2) is 12.0. The van der Waals surface area contributed by atoms with E-state index in [0.29, 0.717) is 5.92 Å². The molecule has 0 aliphatic rings. The molecular formula is C23H29N. The molecule has 0 radical (unpaired) electrons. The molecule has 0 saturated heterocycles. The van der Waals surface area contributed by atoms with E-state index in [1.54, 1.807) is 0 Å². The number of anilines is 2. The first kappa shape index (κ1) is 19.5. The van der Waals surface area contributed by atoms with Crippen LogP contribution in [0, 0.1) is 0 Å². The number of nitrogens with one attached hydrogen (secondary N) is 1. The van der Waals surface area contributed by atoms with Crippen LogP contribution in [0.2, 0.25) is 0 Å². The Morgan fingerprint density at radius 3 is 1.17 bits per heavy atom. The van der Waals surface area contributed by atoms with Gasteiger partial charge in [-0.2, -0.15) is 0 Å². The van der Waals surface area contributed by atoms with Crippen LogP contribution >= 0.6 is 0 Å². The van der Waals surface area contributed by atoms with E-state index in [-0.39, 0.29) is 0 Å². The van der Waals surface area contributed by atoms with Crippen LogP contribution in [0.3, 0.4) is 0 Å². The summed E-state index contributed by atoms with van der Waals surface area (Å²) in [6, 6.07) is 30.8. The lowest BCUT2D eigenvalue weighted by atomic mass is 10.0. The Morgan fingerprint density at radius 2 is 0.875 bits per heavy atom. The standard InChI is InChI=1S/C12H11N.C9H12.C2H6/c1-3-7-11(8-4-1)13-12-9-5-2-6-10-12;1-8(2)9-6-4-3-5-7-9;1-2/h1-10,13H;3-8H,1-2H3;1-2H3. The van der Waals surface area contributed by atoms with Gasteiger partial charge in [0, 0.05) is 11.4 Å². The van der Waals surface area contributed by atoms with Crippen molar-refractivity contribution in [2.24, 2.45) is 0 Å². The summed E-state index contributed by atoms with van der Waals surface area (Å²) in [6.45, 7) is 8.41. The fourth-order valence-electron chi connectivity index (χ4n) is 2.05. The SMILES string of the molecule is CC.CC(C)c1ccccc1.c1ccc(Nc2ccccc2)cc1. The van der Waals surface area contributed by atoms with Crippen LogP contribution in [-0.4, -0.2) is 0 Å². The van der Waals surface area contributed by atoms with Gasteiger partial charge in [0.15, 0.2) is 0 Å². The van der Waals surface area contributed by atoms with Crippen LogP contribution < -0.4 is 5.32 Å². The molecule has 0 atom stereocenters. The van der Waals surface area contributed by atoms with Gasteiger partial charge in [0.25, 0.3) is 0 Å². The van der Waals surface area contributed by atoms with Crippen molar-refractivity contribution in [3.8, 4) is 0 Å². The zero-order valence-corrected chi connectivity index (χ0v) is 15.2. The van der Waals surface area contributed by atoms with E-state index in [4.69, 9.17) is 0 Å². The maximum atomic E-state index is 3.30. The normalized spacial score (nSPS) is 9.21. The summed E-state index contributed by atoms with van der Waals surface area (Å²) in [5, 5.41) is 3.30. The van der Waals surface area contributed by atoms with Crippen molar-refractivity contribution >= 4 is 11.4 Å². The Labute approximate surface area is 147 Å². The Bertz CT molecular complexity index is 593. The number of hydrogen-bond donors (Lipinski definition) is 1. The van der Waals surface area contributed by atoms with Gasteiger partial charge in [0.2, 0.25) is 0 Å². The minimum Gasteiger partial charge on any atom is -0.356 e. The summed E-state index contributed by atoms with van der Waals surface area (Å²) >= 11 is 0. The molecule has 0 amide bonds. The first-order valence-electron chi connectivity index (χ1n) is 8.68. The Kier molecular flexibility index (Phi) is 9.72. The highest BCUT2D eigenvalue weighted by Crippen LogP contribution is 2.14. The number of hydrogen-bond acceptors (Lipinski definition) is 1. The molecule has 0 aromatic heterocycles. The molecule has 0 unspecified atom stereocenters. The van der Waals surface area contributed by atoms with E-state index in [0.717, 1.165) is 11.4 Å². The fourth-order valence-corrected chi connectivity index (χ4v) is 2.05. The van der Waals surface area contributed by atoms with Gasteiger partial charge in [-0.05, 0) is 35.7 Å². The van der Waals surface area contributed by atoms with E-state index in [9.17, 15) is 0 Å². The van der Waals surface area contributed by atoms with Gasteiger partial charge in [-0.1, -0.05) is 94.4 Å². The van der Waals surface area contributed by atoms with E-state index in [1.807, 2.05) is 80.6 Å². The number of rotatable bonds is 3. The number of benzene rings is 3. The zero-order valence-electron chi connectivity index (χ0n) is 15.2. The van der Waals surface area contributed by atoms with Gasteiger partial charge < -0.3 is 5.32 Å². The van der Waals surface area contributed by atoms with Gasteiger partial charge >= 0.3 is 0 Å². The van der Waals surface area contributed by atoms with Crippen LogP contribution in [0.25, 0.3) is 0 Å². The molecule has 24 heavy (non-hydrogen) atoms. The van der Waals surface area contributed by atoms with Crippen LogP contribution in [0.15, 0.2) is 91.0 Å². The molecule has 0 heterocycles. The van der Waals surface area contributed by atoms with Crippen molar-refractivity contribution in [3.05, 3.63) is 96.6 Å². The molecule has 0 spiro atoms. The highest BCUT2D eigenvalue weighted by Gasteiger charge is 1.93. The van der Waals surface area contributed by atoms with Crippen LogP contribution in [-0.2, 0) is 0 Å². The van der Waals surface area contributed by atoms with Crippen molar-refractivity contribution < 1.29 is 0 Å². The quantitative estimate of drug-likeness (QED) is 0.535. The van der Waals surface area contributed by atoms with Crippen molar-refractivity contribution in [1.82, 2.24) is 0 Å². The van der Waals surface area contributed by atoms with Crippen LogP contribution in [0.4, 0.5) is 11.4 Å².